The molecular weight excluding hydrogens is 203 g/mol. The molecule has 1 aromatic carbocycles. The minimum Gasteiger partial charge on any atom is -0.313 e. The third-order valence-corrected chi connectivity index (χ3v) is 2.14. The van der Waals surface area contributed by atoms with Gasteiger partial charge in [0.1, 0.15) is 0 Å². The Bertz CT molecular complexity index is 326. The second-order valence-electron chi connectivity index (χ2n) is 3.36. The van der Waals surface area contributed by atoms with E-state index in [1.54, 1.807) is 0 Å². The molecule has 4 heteroatoms. The van der Waals surface area contributed by atoms with Crippen molar-refractivity contribution < 1.29 is 13.2 Å². The minimum absolute atomic E-state index is 0.157. The number of halogens is 3. The first-order valence-corrected chi connectivity index (χ1v) is 5.00. The molecule has 1 aromatic rings. The van der Waals surface area contributed by atoms with Crippen LogP contribution in [0.15, 0.2) is 12.1 Å². The zero-order valence-corrected chi connectivity index (χ0v) is 8.62. The van der Waals surface area contributed by atoms with Crippen LogP contribution in [0.3, 0.4) is 0 Å². The molecule has 0 atom stereocenters. The molecule has 0 heterocycles. The first-order chi connectivity index (χ1) is 7.16. The SMILES string of the molecule is CCCCNCc1ccc(F)c(F)c1F. The standard InChI is InChI=1S/C11H14F3N/c1-2-3-6-15-7-8-4-5-9(12)11(14)10(8)13/h4-5,15H,2-3,6-7H2,1H3. The maximum atomic E-state index is 13.1. The molecule has 0 radical (unpaired) electrons. The maximum Gasteiger partial charge on any atom is 0.194 e. The van der Waals surface area contributed by atoms with Gasteiger partial charge >= 0.3 is 0 Å². The van der Waals surface area contributed by atoms with Gasteiger partial charge in [-0.2, -0.15) is 0 Å². The van der Waals surface area contributed by atoms with E-state index in [1.807, 2.05) is 6.92 Å². The van der Waals surface area contributed by atoms with Crippen LogP contribution in [-0.2, 0) is 6.54 Å². The molecule has 0 aliphatic heterocycles. The summed E-state index contributed by atoms with van der Waals surface area (Å²) in [6.45, 7) is 3.01. The summed E-state index contributed by atoms with van der Waals surface area (Å²) in [7, 11) is 0. The fraction of sp³-hybridized carbons (Fsp3) is 0.455. The number of hydrogen-bond donors (Lipinski definition) is 1. The topological polar surface area (TPSA) is 12.0 Å². The van der Waals surface area contributed by atoms with E-state index in [-0.39, 0.29) is 12.1 Å². The Hall–Kier alpha value is -1.03. The fourth-order valence-electron chi connectivity index (χ4n) is 1.23. The Morgan fingerprint density at radius 3 is 2.53 bits per heavy atom. The molecule has 15 heavy (non-hydrogen) atoms. The maximum absolute atomic E-state index is 13.1. The predicted molar refractivity (Wildman–Crippen MR) is 52.9 cm³/mol. The second-order valence-corrected chi connectivity index (χ2v) is 3.36. The van der Waals surface area contributed by atoms with Gasteiger partial charge in [0, 0.05) is 12.1 Å². The van der Waals surface area contributed by atoms with Crippen molar-refractivity contribution in [1.82, 2.24) is 5.32 Å². The van der Waals surface area contributed by atoms with E-state index in [4.69, 9.17) is 0 Å². The molecule has 1 nitrogen and oxygen atoms in total. The van der Waals surface area contributed by atoms with Gasteiger partial charge < -0.3 is 5.32 Å². The quantitative estimate of drug-likeness (QED) is 0.590. The zero-order chi connectivity index (χ0) is 11.3. The van der Waals surface area contributed by atoms with Crippen molar-refractivity contribution in [2.24, 2.45) is 0 Å². The molecule has 0 fully saturated rings. The molecule has 0 aliphatic rings. The predicted octanol–water partition coefficient (Wildman–Crippen LogP) is 2.99. The Balaban J connectivity index is 2.58. The first kappa shape index (κ1) is 12.0. The minimum atomic E-state index is -1.40. The molecule has 0 amide bonds. The van der Waals surface area contributed by atoms with Crippen LogP contribution in [0.1, 0.15) is 25.3 Å². The van der Waals surface area contributed by atoms with Gasteiger partial charge in [0.15, 0.2) is 17.5 Å². The third kappa shape index (κ3) is 3.23. The fourth-order valence-corrected chi connectivity index (χ4v) is 1.23. The second kappa shape index (κ2) is 5.75. The van der Waals surface area contributed by atoms with Crippen molar-refractivity contribution >= 4 is 0 Å². The van der Waals surface area contributed by atoms with Crippen LogP contribution in [0, 0.1) is 17.5 Å². The molecule has 1 N–H and O–H groups in total. The molecule has 0 spiro atoms. The molecule has 0 aliphatic carbocycles. The van der Waals surface area contributed by atoms with Crippen LogP contribution in [0.5, 0.6) is 0 Å². The van der Waals surface area contributed by atoms with Crippen LogP contribution in [0.2, 0.25) is 0 Å². The molecule has 0 saturated carbocycles. The molecule has 1 rings (SSSR count). The van der Waals surface area contributed by atoms with E-state index in [0.29, 0.717) is 0 Å². The summed E-state index contributed by atoms with van der Waals surface area (Å²) in [5.41, 5.74) is 0.157. The van der Waals surface area contributed by atoms with Crippen LogP contribution in [0.25, 0.3) is 0 Å². The number of benzene rings is 1. The number of hydrogen-bond acceptors (Lipinski definition) is 1. The summed E-state index contributed by atoms with van der Waals surface area (Å²) in [6, 6.07) is 2.20. The van der Waals surface area contributed by atoms with Crippen molar-refractivity contribution in [1.29, 1.82) is 0 Å². The van der Waals surface area contributed by atoms with Crippen LogP contribution >= 0.6 is 0 Å². The summed E-state index contributed by atoms with van der Waals surface area (Å²) < 4.78 is 38.5. The monoisotopic (exact) mass is 217 g/mol. The largest absolute Gasteiger partial charge is 0.313 e. The van der Waals surface area contributed by atoms with Gasteiger partial charge in [-0.25, -0.2) is 13.2 Å². The molecule has 0 saturated heterocycles. The van der Waals surface area contributed by atoms with Crippen LogP contribution in [0.4, 0.5) is 13.2 Å². The zero-order valence-electron chi connectivity index (χ0n) is 8.62. The summed E-state index contributed by atoms with van der Waals surface area (Å²) >= 11 is 0. The lowest BCUT2D eigenvalue weighted by Gasteiger charge is -2.06. The molecule has 84 valence electrons. The Labute approximate surface area is 87.3 Å². The van der Waals surface area contributed by atoms with E-state index in [1.165, 1.54) is 6.07 Å². The van der Waals surface area contributed by atoms with E-state index in [9.17, 15) is 13.2 Å². The Morgan fingerprint density at radius 2 is 1.87 bits per heavy atom. The molecule has 0 aromatic heterocycles. The van der Waals surface area contributed by atoms with Gasteiger partial charge in [0.25, 0.3) is 0 Å². The molecule has 0 unspecified atom stereocenters. The van der Waals surface area contributed by atoms with Crippen LogP contribution in [-0.4, -0.2) is 6.54 Å². The van der Waals surface area contributed by atoms with Gasteiger partial charge in [-0.3, -0.25) is 0 Å². The van der Waals surface area contributed by atoms with Gasteiger partial charge in [0.05, 0.1) is 0 Å². The van der Waals surface area contributed by atoms with Gasteiger partial charge in [-0.15, -0.1) is 0 Å². The third-order valence-electron chi connectivity index (χ3n) is 2.14. The molecule has 0 bridgehead atoms. The summed E-state index contributed by atoms with van der Waals surface area (Å²) in [6.07, 6.45) is 2.01. The van der Waals surface area contributed by atoms with Crippen LogP contribution < -0.4 is 5.32 Å². The highest BCUT2D eigenvalue weighted by atomic mass is 19.2. The number of unbranched alkanes of at least 4 members (excludes halogenated alkanes) is 1. The molecular formula is C11H14F3N. The van der Waals surface area contributed by atoms with Crippen molar-refractivity contribution in [2.75, 3.05) is 6.54 Å². The highest BCUT2D eigenvalue weighted by molar-refractivity contribution is 5.20. The lowest BCUT2D eigenvalue weighted by atomic mass is 10.2. The highest BCUT2D eigenvalue weighted by Gasteiger charge is 2.12. The smallest absolute Gasteiger partial charge is 0.194 e. The van der Waals surface area contributed by atoms with Gasteiger partial charge in [-0.1, -0.05) is 19.4 Å². The Kier molecular flexibility index (Phi) is 4.62. The average molecular weight is 217 g/mol. The van der Waals surface area contributed by atoms with E-state index >= 15 is 0 Å². The number of nitrogens with one attached hydrogen (secondary N) is 1. The average Bonchev–Trinajstić information content (AvgIpc) is 2.24. The van der Waals surface area contributed by atoms with Crippen molar-refractivity contribution in [3.8, 4) is 0 Å². The van der Waals surface area contributed by atoms with E-state index < -0.39 is 17.5 Å². The van der Waals surface area contributed by atoms with Crippen molar-refractivity contribution in [2.45, 2.75) is 26.3 Å². The summed E-state index contributed by atoms with van der Waals surface area (Å²) in [5, 5.41) is 2.96. The normalized spacial score (nSPS) is 10.7. The van der Waals surface area contributed by atoms with E-state index in [2.05, 4.69) is 5.32 Å². The first-order valence-electron chi connectivity index (χ1n) is 5.00. The van der Waals surface area contributed by atoms with Gasteiger partial charge in [0.2, 0.25) is 0 Å². The Morgan fingerprint density at radius 1 is 1.13 bits per heavy atom. The lowest BCUT2D eigenvalue weighted by molar-refractivity contribution is 0.438. The summed E-state index contributed by atoms with van der Waals surface area (Å²) in [4.78, 5) is 0. The van der Waals surface area contributed by atoms with Crippen molar-refractivity contribution in [3.05, 3.63) is 35.1 Å². The number of rotatable bonds is 5. The summed E-state index contributed by atoms with van der Waals surface area (Å²) in [5.74, 6) is -3.64. The lowest BCUT2D eigenvalue weighted by Crippen LogP contribution is -2.16. The van der Waals surface area contributed by atoms with Gasteiger partial charge in [-0.05, 0) is 19.0 Å². The van der Waals surface area contributed by atoms with E-state index in [0.717, 1.165) is 25.5 Å². The van der Waals surface area contributed by atoms with Crippen molar-refractivity contribution in [3.63, 3.8) is 0 Å². The highest BCUT2D eigenvalue weighted by Crippen LogP contribution is 2.14.